The van der Waals surface area contributed by atoms with Gasteiger partial charge in [0.2, 0.25) is 0 Å². The van der Waals surface area contributed by atoms with E-state index in [1.807, 2.05) is 0 Å². The fourth-order valence-electron chi connectivity index (χ4n) is 1.12. The van der Waals surface area contributed by atoms with Gasteiger partial charge in [0.15, 0.2) is 9.84 Å². The van der Waals surface area contributed by atoms with Crippen LogP contribution in [0.5, 0.6) is 0 Å². The highest BCUT2D eigenvalue weighted by atomic mass is 79.9. The summed E-state index contributed by atoms with van der Waals surface area (Å²) in [5.41, 5.74) is 0. The quantitative estimate of drug-likeness (QED) is 0.727. The van der Waals surface area contributed by atoms with Crippen LogP contribution in [-0.2, 0) is 14.6 Å². The smallest absolute Gasteiger partial charge is 0.154 e. The lowest BCUT2D eigenvalue weighted by molar-refractivity contribution is 0.0889. The van der Waals surface area contributed by atoms with E-state index in [2.05, 4.69) is 31.9 Å². The zero-order valence-electron chi connectivity index (χ0n) is 6.37. The second-order valence-electron chi connectivity index (χ2n) is 2.69. The van der Waals surface area contributed by atoms with E-state index in [1.54, 1.807) is 0 Å². The minimum atomic E-state index is -2.86. The van der Waals surface area contributed by atoms with Gasteiger partial charge in [-0.15, -0.1) is 0 Å². The van der Waals surface area contributed by atoms with Crippen molar-refractivity contribution in [2.45, 2.75) is 10.9 Å². The molecule has 0 radical (unpaired) electrons. The van der Waals surface area contributed by atoms with Crippen LogP contribution >= 0.6 is 31.9 Å². The zero-order valence-corrected chi connectivity index (χ0v) is 10.4. The zero-order chi connectivity index (χ0) is 9.19. The molecule has 0 bridgehead atoms. The molecule has 0 amide bonds. The number of rotatable bonds is 3. The highest BCUT2D eigenvalue weighted by Crippen LogP contribution is 2.22. The van der Waals surface area contributed by atoms with Crippen molar-refractivity contribution in [2.24, 2.45) is 0 Å². The van der Waals surface area contributed by atoms with Crippen molar-refractivity contribution in [1.29, 1.82) is 0 Å². The Hall–Kier alpha value is 0.870. The van der Waals surface area contributed by atoms with Crippen LogP contribution in [0.4, 0.5) is 0 Å². The van der Waals surface area contributed by atoms with Gasteiger partial charge in [-0.3, -0.25) is 0 Å². The molecule has 2 atom stereocenters. The van der Waals surface area contributed by atoms with Crippen molar-refractivity contribution in [2.75, 3.05) is 23.4 Å². The third-order valence-electron chi connectivity index (χ3n) is 1.64. The molecular formula is C6H10Br2O3S. The first-order valence-corrected chi connectivity index (χ1v) is 7.43. The molecule has 12 heavy (non-hydrogen) atoms. The summed E-state index contributed by atoms with van der Waals surface area (Å²) in [7, 11) is -2.86. The molecule has 1 aliphatic heterocycles. The number of ether oxygens (including phenoxy) is 1. The molecule has 0 aliphatic carbocycles. The molecule has 1 rings (SSSR count). The van der Waals surface area contributed by atoms with E-state index in [4.69, 9.17) is 4.74 Å². The van der Waals surface area contributed by atoms with Crippen molar-refractivity contribution in [1.82, 2.24) is 0 Å². The molecule has 0 aromatic carbocycles. The summed E-state index contributed by atoms with van der Waals surface area (Å²) in [5, 5.41) is 0.739. The molecule has 0 aromatic heterocycles. The number of hydrogen-bond acceptors (Lipinski definition) is 3. The topological polar surface area (TPSA) is 43.4 Å². The maximum absolute atomic E-state index is 11.1. The molecule has 1 saturated heterocycles. The number of halogens is 2. The molecule has 1 heterocycles. The van der Waals surface area contributed by atoms with Crippen molar-refractivity contribution in [3.63, 3.8) is 0 Å². The second kappa shape index (κ2) is 4.39. The lowest BCUT2D eigenvalue weighted by Crippen LogP contribution is -2.23. The van der Waals surface area contributed by atoms with E-state index in [9.17, 15) is 8.42 Å². The average molecular weight is 322 g/mol. The Balaban J connectivity index is 2.47. The molecule has 0 spiro atoms. The minimum absolute atomic E-state index is 0.0402. The Kier molecular flexibility index (Phi) is 4.01. The lowest BCUT2D eigenvalue weighted by atomic mass is 10.3. The SMILES string of the molecule is O=S1(=O)CC(Br)C(OCCBr)C1. The predicted molar refractivity (Wildman–Crippen MR) is 54.9 cm³/mol. The van der Waals surface area contributed by atoms with Crippen LogP contribution in [0.1, 0.15) is 0 Å². The molecule has 72 valence electrons. The van der Waals surface area contributed by atoms with Crippen LogP contribution in [0.2, 0.25) is 0 Å². The first kappa shape index (κ1) is 10.9. The van der Waals surface area contributed by atoms with Crippen molar-refractivity contribution in [3.8, 4) is 0 Å². The predicted octanol–water partition coefficient (Wildman–Crippen LogP) is 0.958. The number of alkyl halides is 2. The van der Waals surface area contributed by atoms with E-state index in [0.717, 1.165) is 5.33 Å². The standard InChI is InChI=1S/C6H10Br2O3S/c7-1-2-11-6-4-12(9,10)3-5(6)8/h5-6H,1-4H2. The van der Waals surface area contributed by atoms with Crippen LogP contribution in [0.15, 0.2) is 0 Å². The van der Waals surface area contributed by atoms with Gasteiger partial charge in [-0.25, -0.2) is 8.42 Å². The van der Waals surface area contributed by atoms with Gasteiger partial charge in [-0.2, -0.15) is 0 Å². The van der Waals surface area contributed by atoms with Crippen molar-refractivity contribution in [3.05, 3.63) is 0 Å². The van der Waals surface area contributed by atoms with Gasteiger partial charge >= 0.3 is 0 Å². The molecule has 0 N–H and O–H groups in total. The molecule has 2 unspecified atom stereocenters. The molecule has 6 heteroatoms. The minimum Gasteiger partial charge on any atom is -0.375 e. The van der Waals surface area contributed by atoms with Gasteiger partial charge < -0.3 is 4.74 Å². The molecule has 0 aromatic rings. The first-order chi connectivity index (χ1) is 5.55. The summed E-state index contributed by atoms with van der Waals surface area (Å²) in [6.45, 7) is 0.558. The summed E-state index contributed by atoms with van der Waals surface area (Å²) >= 11 is 6.51. The maximum atomic E-state index is 11.1. The van der Waals surface area contributed by atoms with Gasteiger partial charge in [0.1, 0.15) is 0 Å². The van der Waals surface area contributed by atoms with Crippen molar-refractivity contribution < 1.29 is 13.2 Å². The van der Waals surface area contributed by atoms with Gasteiger partial charge in [-0.1, -0.05) is 31.9 Å². The first-order valence-electron chi connectivity index (χ1n) is 3.57. The Morgan fingerprint density at radius 3 is 2.50 bits per heavy atom. The third kappa shape index (κ3) is 2.97. The molecule has 3 nitrogen and oxygen atoms in total. The van der Waals surface area contributed by atoms with Crippen LogP contribution in [0.25, 0.3) is 0 Å². The van der Waals surface area contributed by atoms with Gasteiger partial charge in [0.05, 0.1) is 29.0 Å². The Morgan fingerprint density at radius 2 is 2.08 bits per heavy atom. The summed E-state index contributed by atoms with van der Waals surface area (Å²) < 4.78 is 27.5. The normalized spacial score (nSPS) is 33.8. The maximum Gasteiger partial charge on any atom is 0.154 e. The van der Waals surface area contributed by atoms with Gasteiger partial charge in [0.25, 0.3) is 0 Å². The molecule has 1 fully saturated rings. The van der Waals surface area contributed by atoms with E-state index in [-0.39, 0.29) is 22.4 Å². The highest BCUT2D eigenvalue weighted by molar-refractivity contribution is 9.09. The van der Waals surface area contributed by atoms with Crippen LogP contribution < -0.4 is 0 Å². The fraction of sp³-hybridized carbons (Fsp3) is 1.00. The Bertz CT molecular complexity index is 239. The van der Waals surface area contributed by atoms with Gasteiger partial charge in [0, 0.05) is 5.33 Å². The third-order valence-corrected chi connectivity index (χ3v) is 5.01. The molecule has 0 saturated carbocycles. The van der Waals surface area contributed by atoms with Crippen LogP contribution in [0, 0.1) is 0 Å². The second-order valence-corrected chi connectivity index (χ2v) is 6.81. The van der Waals surface area contributed by atoms with E-state index in [0.29, 0.717) is 6.61 Å². The van der Waals surface area contributed by atoms with E-state index in [1.165, 1.54) is 0 Å². The highest BCUT2D eigenvalue weighted by Gasteiger charge is 2.36. The molecule has 1 aliphatic rings. The summed E-state index contributed by atoms with van der Waals surface area (Å²) in [6.07, 6.45) is -0.174. The summed E-state index contributed by atoms with van der Waals surface area (Å²) in [6, 6.07) is 0. The molecular weight excluding hydrogens is 312 g/mol. The van der Waals surface area contributed by atoms with E-state index >= 15 is 0 Å². The van der Waals surface area contributed by atoms with Gasteiger partial charge in [-0.05, 0) is 0 Å². The fourth-order valence-corrected chi connectivity index (χ4v) is 4.77. The summed E-state index contributed by atoms with van der Waals surface area (Å²) in [4.78, 5) is -0.0402. The number of sulfone groups is 1. The van der Waals surface area contributed by atoms with E-state index < -0.39 is 9.84 Å². The summed E-state index contributed by atoms with van der Waals surface area (Å²) in [5.74, 6) is 0.343. The lowest BCUT2D eigenvalue weighted by Gasteiger charge is -2.11. The monoisotopic (exact) mass is 320 g/mol. The average Bonchev–Trinajstić information content (AvgIpc) is 2.20. The van der Waals surface area contributed by atoms with Crippen LogP contribution in [-0.4, -0.2) is 42.8 Å². The Labute approximate surface area is 89.0 Å². The van der Waals surface area contributed by atoms with Crippen molar-refractivity contribution >= 4 is 41.7 Å². The number of hydrogen-bond donors (Lipinski definition) is 0. The largest absolute Gasteiger partial charge is 0.375 e. The Morgan fingerprint density at radius 1 is 1.42 bits per heavy atom. The van der Waals surface area contributed by atoms with Crippen LogP contribution in [0.3, 0.4) is 0 Å².